The zero-order chi connectivity index (χ0) is 20.9. The van der Waals surface area contributed by atoms with Crippen molar-refractivity contribution in [3.63, 3.8) is 0 Å². The highest BCUT2D eigenvalue weighted by Gasteiger charge is 2.68. The standard InChI is InChI=1S/C28H24O2/c1-27-18-22(25(29)21-16-10-5-11-17-21)28(2,26(27)30)24(20-14-8-4-9-15-20)23(27)19-12-6-3-7-13-19/h3-17,22H,18H2,1-2H3. The van der Waals surface area contributed by atoms with Crippen LogP contribution in [0.4, 0.5) is 0 Å². The quantitative estimate of drug-likeness (QED) is 0.503. The molecule has 5 rings (SSSR count). The molecule has 2 bridgehead atoms. The summed E-state index contributed by atoms with van der Waals surface area (Å²) < 4.78 is 0. The van der Waals surface area contributed by atoms with Gasteiger partial charge in [-0.05, 0) is 42.5 Å². The van der Waals surface area contributed by atoms with Crippen LogP contribution in [-0.2, 0) is 4.79 Å². The highest BCUT2D eigenvalue weighted by molar-refractivity contribution is 6.25. The van der Waals surface area contributed by atoms with Gasteiger partial charge < -0.3 is 0 Å². The minimum absolute atomic E-state index is 0.0655. The number of fused-ring (bicyclic) bond motifs is 2. The van der Waals surface area contributed by atoms with Gasteiger partial charge in [-0.3, -0.25) is 9.59 Å². The molecular formula is C28H24O2. The molecule has 3 unspecified atom stereocenters. The van der Waals surface area contributed by atoms with E-state index in [-0.39, 0.29) is 17.5 Å². The van der Waals surface area contributed by atoms with Crippen LogP contribution in [0.3, 0.4) is 0 Å². The van der Waals surface area contributed by atoms with Gasteiger partial charge in [-0.15, -0.1) is 0 Å². The Bertz CT molecular complexity index is 1160. The molecule has 148 valence electrons. The smallest absolute Gasteiger partial charge is 0.167 e. The van der Waals surface area contributed by atoms with Crippen LogP contribution < -0.4 is 0 Å². The van der Waals surface area contributed by atoms with E-state index in [1.165, 1.54) is 0 Å². The summed E-state index contributed by atoms with van der Waals surface area (Å²) in [6.45, 7) is 4.02. The second-order valence-electron chi connectivity index (χ2n) is 8.83. The van der Waals surface area contributed by atoms with Crippen LogP contribution in [0.1, 0.15) is 41.8 Å². The Labute approximate surface area is 177 Å². The minimum atomic E-state index is -0.839. The fraction of sp³-hybridized carbons (Fsp3) is 0.214. The van der Waals surface area contributed by atoms with Crippen molar-refractivity contribution in [3.8, 4) is 0 Å². The minimum Gasteiger partial charge on any atom is -0.298 e. The van der Waals surface area contributed by atoms with Crippen LogP contribution in [0, 0.1) is 16.7 Å². The van der Waals surface area contributed by atoms with Gasteiger partial charge in [0.25, 0.3) is 0 Å². The lowest BCUT2D eigenvalue weighted by Crippen LogP contribution is -2.34. The number of hydrogen-bond donors (Lipinski definition) is 0. The highest BCUT2D eigenvalue weighted by atomic mass is 16.1. The number of hydrogen-bond acceptors (Lipinski definition) is 2. The first-order valence-electron chi connectivity index (χ1n) is 10.5. The number of carbonyl (C=O) groups excluding carboxylic acids is 2. The lowest BCUT2D eigenvalue weighted by molar-refractivity contribution is -0.127. The Morgan fingerprint density at radius 1 is 0.733 bits per heavy atom. The van der Waals surface area contributed by atoms with Gasteiger partial charge in [0, 0.05) is 11.5 Å². The van der Waals surface area contributed by atoms with Crippen molar-refractivity contribution in [2.45, 2.75) is 20.3 Å². The fourth-order valence-corrected chi connectivity index (χ4v) is 5.75. The first kappa shape index (κ1) is 18.7. The normalized spacial score (nSPS) is 27.5. The lowest BCUT2D eigenvalue weighted by Gasteiger charge is -2.35. The maximum absolute atomic E-state index is 13.9. The number of carbonyl (C=O) groups is 2. The van der Waals surface area contributed by atoms with E-state index in [4.69, 9.17) is 0 Å². The van der Waals surface area contributed by atoms with Crippen LogP contribution in [0.25, 0.3) is 11.1 Å². The Kier molecular flexibility index (Phi) is 4.14. The second kappa shape index (κ2) is 6.63. The fourth-order valence-electron chi connectivity index (χ4n) is 5.75. The third-order valence-corrected chi connectivity index (χ3v) is 7.10. The zero-order valence-corrected chi connectivity index (χ0v) is 17.3. The van der Waals surface area contributed by atoms with Crippen LogP contribution >= 0.6 is 0 Å². The molecule has 0 amide bonds. The molecule has 0 N–H and O–H groups in total. The molecule has 2 aliphatic rings. The molecule has 1 saturated carbocycles. The molecule has 0 saturated heterocycles. The monoisotopic (exact) mass is 392 g/mol. The summed E-state index contributed by atoms with van der Waals surface area (Å²) in [6, 6.07) is 29.7. The number of ketones is 2. The van der Waals surface area contributed by atoms with Gasteiger partial charge in [0.05, 0.1) is 10.8 Å². The Balaban J connectivity index is 1.76. The van der Waals surface area contributed by atoms with Gasteiger partial charge in [-0.1, -0.05) is 91.0 Å². The summed E-state index contributed by atoms with van der Waals surface area (Å²) in [5.41, 5.74) is 3.37. The van der Waals surface area contributed by atoms with Crippen LogP contribution in [-0.4, -0.2) is 11.6 Å². The highest BCUT2D eigenvalue weighted by Crippen LogP contribution is 2.69. The lowest BCUT2D eigenvalue weighted by atomic mass is 9.65. The van der Waals surface area contributed by atoms with E-state index < -0.39 is 10.8 Å². The maximum Gasteiger partial charge on any atom is 0.167 e. The molecule has 3 aromatic rings. The van der Waals surface area contributed by atoms with Crippen LogP contribution in [0.2, 0.25) is 0 Å². The average molecular weight is 392 g/mol. The van der Waals surface area contributed by atoms with Gasteiger partial charge in [0.2, 0.25) is 0 Å². The topological polar surface area (TPSA) is 34.1 Å². The Morgan fingerprint density at radius 2 is 1.20 bits per heavy atom. The number of allylic oxidation sites excluding steroid dienone is 2. The van der Waals surface area contributed by atoms with Crippen LogP contribution in [0.5, 0.6) is 0 Å². The van der Waals surface area contributed by atoms with Crippen molar-refractivity contribution in [3.05, 3.63) is 108 Å². The third kappa shape index (κ3) is 2.43. The molecule has 0 aliphatic heterocycles. The molecule has 3 atom stereocenters. The SMILES string of the molecule is CC12CC(C(=O)c3ccccc3)C(C)(C1=O)C(c1ccccc1)=C2c1ccccc1. The van der Waals surface area contributed by atoms with E-state index in [1.54, 1.807) is 0 Å². The molecule has 0 heterocycles. The molecule has 0 radical (unpaired) electrons. The zero-order valence-electron chi connectivity index (χ0n) is 17.3. The second-order valence-corrected chi connectivity index (χ2v) is 8.83. The molecule has 30 heavy (non-hydrogen) atoms. The van der Waals surface area contributed by atoms with Gasteiger partial charge in [0.1, 0.15) is 0 Å². The van der Waals surface area contributed by atoms with E-state index in [0.717, 1.165) is 22.3 Å². The van der Waals surface area contributed by atoms with Gasteiger partial charge in [-0.2, -0.15) is 0 Å². The summed E-state index contributed by atoms with van der Waals surface area (Å²) in [6.07, 6.45) is 0.552. The molecule has 1 fully saturated rings. The molecule has 2 heteroatoms. The predicted octanol–water partition coefficient (Wildman–Crippen LogP) is 6.10. The Morgan fingerprint density at radius 3 is 1.73 bits per heavy atom. The third-order valence-electron chi connectivity index (χ3n) is 7.10. The summed E-state index contributed by atoms with van der Waals surface area (Å²) >= 11 is 0. The summed E-state index contributed by atoms with van der Waals surface area (Å²) in [5, 5.41) is 0. The number of rotatable bonds is 4. The number of Topliss-reactive ketones (excluding diaryl/α,β-unsaturated/α-hetero) is 2. The van der Waals surface area contributed by atoms with Gasteiger partial charge in [0.15, 0.2) is 11.6 Å². The summed E-state index contributed by atoms with van der Waals surface area (Å²) in [4.78, 5) is 27.5. The van der Waals surface area contributed by atoms with Crippen molar-refractivity contribution in [2.24, 2.45) is 16.7 Å². The van der Waals surface area contributed by atoms with Crippen molar-refractivity contribution in [2.75, 3.05) is 0 Å². The molecule has 2 nitrogen and oxygen atoms in total. The molecular weight excluding hydrogens is 368 g/mol. The first-order chi connectivity index (χ1) is 14.5. The first-order valence-corrected chi connectivity index (χ1v) is 10.5. The van der Waals surface area contributed by atoms with Crippen molar-refractivity contribution < 1.29 is 9.59 Å². The largest absolute Gasteiger partial charge is 0.298 e. The van der Waals surface area contributed by atoms with E-state index in [2.05, 4.69) is 24.3 Å². The van der Waals surface area contributed by atoms with Crippen molar-refractivity contribution in [1.29, 1.82) is 0 Å². The predicted molar refractivity (Wildman–Crippen MR) is 120 cm³/mol. The van der Waals surface area contributed by atoms with Gasteiger partial charge in [-0.25, -0.2) is 0 Å². The Hall–Kier alpha value is -3.26. The molecule has 0 spiro atoms. The molecule has 3 aromatic carbocycles. The molecule has 2 aliphatic carbocycles. The maximum atomic E-state index is 13.9. The van der Waals surface area contributed by atoms with Crippen molar-refractivity contribution in [1.82, 2.24) is 0 Å². The summed E-state index contributed by atoms with van der Waals surface area (Å²) in [5.74, 6) is -0.127. The van der Waals surface area contributed by atoms with E-state index in [0.29, 0.717) is 12.0 Å². The average Bonchev–Trinajstić information content (AvgIpc) is 3.11. The van der Waals surface area contributed by atoms with Gasteiger partial charge >= 0.3 is 0 Å². The van der Waals surface area contributed by atoms with E-state index in [1.807, 2.05) is 80.6 Å². The van der Waals surface area contributed by atoms with E-state index >= 15 is 0 Å². The summed E-state index contributed by atoms with van der Waals surface area (Å²) in [7, 11) is 0. The molecule has 0 aromatic heterocycles. The van der Waals surface area contributed by atoms with E-state index in [9.17, 15) is 9.59 Å². The number of benzene rings is 3. The van der Waals surface area contributed by atoms with Crippen LogP contribution in [0.15, 0.2) is 91.0 Å². The van der Waals surface area contributed by atoms with Crippen molar-refractivity contribution >= 4 is 22.7 Å².